The molecule has 0 bridgehead atoms. The topological polar surface area (TPSA) is 69.7 Å². The van der Waals surface area contributed by atoms with Crippen molar-refractivity contribution in [2.75, 3.05) is 7.11 Å². The lowest BCUT2D eigenvalue weighted by atomic mass is 9.83. The zero-order chi connectivity index (χ0) is 17.2. The SMILES string of the molecule is COC(=O)/C=C/C1=C(c2ccccc2)C2(C=CC(=O)C=C2)OC1=O. The number of hydrogen-bond acceptors (Lipinski definition) is 5. The molecule has 3 rings (SSSR count). The Morgan fingerprint density at radius 2 is 1.79 bits per heavy atom. The summed E-state index contributed by atoms with van der Waals surface area (Å²) in [6, 6.07) is 9.20. The van der Waals surface area contributed by atoms with Gasteiger partial charge < -0.3 is 9.47 Å². The van der Waals surface area contributed by atoms with Crippen LogP contribution in [0.2, 0.25) is 0 Å². The van der Waals surface area contributed by atoms with Crippen LogP contribution >= 0.6 is 0 Å². The van der Waals surface area contributed by atoms with Crippen molar-refractivity contribution in [3.8, 4) is 0 Å². The molecule has 1 aromatic rings. The van der Waals surface area contributed by atoms with E-state index in [2.05, 4.69) is 4.74 Å². The number of hydrogen-bond donors (Lipinski definition) is 0. The van der Waals surface area contributed by atoms with E-state index in [0.717, 1.165) is 5.56 Å². The summed E-state index contributed by atoms with van der Waals surface area (Å²) in [6.07, 6.45) is 8.37. The maximum Gasteiger partial charge on any atom is 0.340 e. The van der Waals surface area contributed by atoms with Gasteiger partial charge in [0.1, 0.15) is 0 Å². The van der Waals surface area contributed by atoms with Crippen LogP contribution in [0.15, 0.2) is 72.4 Å². The molecule has 1 spiro atoms. The lowest BCUT2D eigenvalue weighted by Crippen LogP contribution is -2.28. The molecule has 1 aliphatic heterocycles. The fourth-order valence-electron chi connectivity index (χ4n) is 2.69. The number of ether oxygens (including phenoxy) is 2. The van der Waals surface area contributed by atoms with Gasteiger partial charge in [-0.05, 0) is 35.9 Å². The van der Waals surface area contributed by atoms with Crippen LogP contribution in [0, 0.1) is 0 Å². The third-order valence-electron chi connectivity index (χ3n) is 3.78. The molecule has 24 heavy (non-hydrogen) atoms. The van der Waals surface area contributed by atoms with Gasteiger partial charge in [-0.3, -0.25) is 4.79 Å². The predicted octanol–water partition coefficient (Wildman–Crippen LogP) is 2.16. The van der Waals surface area contributed by atoms with Crippen molar-refractivity contribution in [2.24, 2.45) is 0 Å². The average Bonchev–Trinajstić information content (AvgIpc) is 2.87. The third kappa shape index (κ3) is 2.72. The highest BCUT2D eigenvalue weighted by Crippen LogP contribution is 2.43. The minimum absolute atomic E-state index is 0.178. The Morgan fingerprint density at radius 1 is 1.12 bits per heavy atom. The lowest BCUT2D eigenvalue weighted by molar-refractivity contribution is -0.141. The molecule has 0 fully saturated rings. The summed E-state index contributed by atoms with van der Waals surface area (Å²) in [5.41, 5.74) is 0.433. The summed E-state index contributed by atoms with van der Waals surface area (Å²) >= 11 is 0. The van der Waals surface area contributed by atoms with Crippen LogP contribution in [-0.4, -0.2) is 30.4 Å². The largest absolute Gasteiger partial charge is 0.466 e. The first kappa shape index (κ1) is 15.7. The molecule has 5 heteroatoms. The molecule has 2 aliphatic rings. The van der Waals surface area contributed by atoms with Crippen molar-refractivity contribution in [1.29, 1.82) is 0 Å². The first-order chi connectivity index (χ1) is 11.6. The molecule has 0 N–H and O–H groups in total. The van der Waals surface area contributed by atoms with Crippen LogP contribution in [-0.2, 0) is 23.9 Å². The summed E-state index contributed by atoms with van der Waals surface area (Å²) in [7, 11) is 1.26. The quantitative estimate of drug-likeness (QED) is 0.630. The summed E-state index contributed by atoms with van der Waals surface area (Å²) < 4.78 is 10.1. The molecular weight excluding hydrogens is 308 g/mol. The highest BCUT2D eigenvalue weighted by molar-refractivity contribution is 6.11. The summed E-state index contributed by atoms with van der Waals surface area (Å²) in [5, 5.41) is 0. The summed E-state index contributed by atoms with van der Waals surface area (Å²) in [6.45, 7) is 0. The fraction of sp³-hybridized carbons (Fsp3) is 0.105. The number of esters is 2. The zero-order valence-corrected chi connectivity index (χ0v) is 12.9. The van der Waals surface area contributed by atoms with Crippen molar-refractivity contribution in [3.05, 3.63) is 77.9 Å². The number of methoxy groups -OCH3 is 1. The molecule has 120 valence electrons. The van der Waals surface area contributed by atoms with Gasteiger partial charge in [0.15, 0.2) is 11.4 Å². The van der Waals surface area contributed by atoms with E-state index in [9.17, 15) is 14.4 Å². The van der Waals surface area contributed by atoms with Crippen LogP contribution < -0.4 is 0 Å². The van der Waals surface area contributed by atoms with Crippen molar-refractivity contribution in [2.45, 2.75) is 5.60 Å². The normalized spacial score (nSPS) is 18.5. The summed E-state index contributed by atoms with van der Waals surface area (Å²) in [5.74, 6) is -1.33. The van der Waals surface area contributed by atoms with Crippen LogP contribution in [0.3, 0.4) is 0 Å². The molecule has 0 saturated carbocycles. The highest BCUT2D eigenvalue weighted by Gasteiger charge is 2.45. The molecule has 0 saturated heterocycles. The van der Waals surface area contributed by atoms with Gasteiger partial charge in [-0.15, -0.1) is 0 Å². The number of ketones is 1. The zero-order valence-electron chi connectivity index (χ0n) is 12.9. The molecule has 0 radical (unpaired) electrons. The summed E-state index contributed by atoms with van der Waals surface area (Å²) in [4.78, 5) is 35.2. The number of carbonyl (C=O) groups excluding carboxylic acids is 3. The Balaban J connectivity index is 2.18. The van der Waals surface area contributed by atoms with E-state index in [0.29, 0.717) is 5.57 Å². The van der Waals surface area contributed by atoms with Gasteiger partial charge in [-0.2, -0.15) is 0 Å². The van der Waals surface area contributed by atoms with Crippen molar-refractivity contribution in [3.63, 3.8) is 0 Å². The second-order valence-electron chi connectivity index (χ2n) is 5.26. The van der Waals surface area contributed by atoms with Crippen molar-refractivity contribution in [1.82, 2.24) is 0 Å². The second kappa shape index (κ2) is 6.12. The maximum atomic E-state index is 12.4. The molecule has 0 aromatic heterocycles. The molecule has 5 nitrogen and oxygen atoms in total. The van der Waals surface area contributed by atoms with Crippen LogP contribution in [0.5, 0.6) is 0 Å². The van der Waals surface area contributed by atoms with Crippen LogP contribution in [0.4, 0.5) is 0 Å². The first-order valence-corrected chi connectivity index (χ1v) is 7.28. The van der Waals surface area contributed by atoms with Gasteiger partial charge in [-0.25, -0.2) is 9.59 Å². The standard InChI is InChI=1S/C19H14O5/c1-23-16(21)8-7-15-17(13-5-3-2-4-6-13)19(24-18(15)22)11-9-14(20)10-12-19/h2-12H,1H3/b8-7+. The van der Waals surface area contributed by atoms with E-state index in [1.807, 2.05) is 30.3 Å². The van der Waals surface area contributed by atoms with Gasteiger partial charge in [-0.1, -0.05) is 30.3 Å². The molecule has 1 aliphatic carbocycles. The maximum absolute atomic E-state index is 12.4. The van der Waals surface area contributed by atoms with E-state index in [1.54, 1.807) is 12.2 Å². The van der Waals surface area contributed by atoms with Gasteiger partial charge in [0, 0.05) is 11.6 Å². The van der Waals surface area contributed by atoms with E-state index >= 15 is 0 Å². The molecule has 1 heterocycles. The second-order valence-corrected chi connectivity index (χ2v) is 5.26. The van der Waals surface area contributed by atoms with Gasteiger partial charge >= 0.3 is 11.9 Å². The van der Waals surface area contributed by atoms with Gasteiger partial charge in [0.25, 0.3) is 0 Å². The fourth-order valence-corrected chi connectivity index (χ4v) is 2.69. The number of allylic oxidation sites excluding steroid dienone is 2. The molecule has 0 amide bonds. The van der Waals surface area contributed by atoms with E-state index in [4.69, 9.17) is 4.74 Å². The Hall–Kier alpha value is -3.21. The molecule has 1 aromatic carbocycles. The Kier molecular flexibility index (Phi) is 4.00. The van der Waals surface area contributed by atoms with Crippen LogP contribution in [0.25, 0.3) is 5.57 Å². The van der Waals surface area contributed by atoms with Crippen molar-refractivity contribution < 1.29 is 23.9 Å². The van der Waals surface area contributed by atoms with Crippen LogP contribution in [0.1, 0.15) is 5.56 Å². The Labute approximate surface area is 138 Å². The smallest absolute Gasteiger partial charge is 0.340 e. The Morgan fingerprint density at radius 3 is 2.42 bits per heavy atom. The van der Waals surface area contributed by atoms with Gasteiger partial charge in [0.05, 0.1) is 12.7 Å². The van der Waals surface area contributed by atoms with E-state index in [1.165, 1.54) is 31.4 Å². The average molecular weight is 322 g/mol. The van der Waals surface area contributed by atoms with E-state index in [-0.39, 0.29) is 11.4 Å². The monoisotopic (exact) mass is 322 g/mol. The highest BCUT2D eigenvalue weighted by atomic mass is 16.6. The number of benzene rings is 1. The molecule has 0 atom stereocenters. The molecular formula is C19H14O5. The predicted molar refractivity (Wildman–Crippen MR) is 86.6 cm³/mol. The van der Waals surface area contributed by atoms with E-state index < -0.39 is 17.5 Å². The molecule has 0 unspecified atom stereocenters. The third-order valence-corrected chi connectivity index (χ3v) is 3.78. The lowest BCUT2D eigenvalue weighted by Gasteiger charge is -2.26. The number of rotatable bonds is 3. The van der Waals surface area contributed by atoms with Crippen molar-refractivity contribution >= 4 is 23.3 Å². The van der Waals surface area contributed by atoms with Gasteiger partial charge in [0.2, 0.25) is 0 Å². The minimum Gasteiger partial charge on any atom is -0.466 e. The number of carbonyl (C=O) groups is 3. The first-order valence-electron chi connectivity index (χ1n) is 7.28. The Bertz CT molecular complexity index is 809. The minimum atomic E-state index is -1.15.